The van der Waals surface area contributed by atoms with Crippen LogP contribution in [0.1, 0.15) is 0 Å². The zero-order valence-corrected chi connectivity index (χ0v) is 9.39. The van der Waals surface area contributed by atoms with Crippen LogP contribution in [0.2, 0.25) is 0 Å². The number of halogens is 12. The summed E-state index contributed by atoms with van der Waals surface area (Å²) in [6.45, 7) is 0. The first-order valence-electron chi connectivity index (χ1n) is 4.35. The molecule has 0 aromatic rings. The number of aliphatic hydroxyl groups is 1. The van der Waals surface area contributed by atoms with E-state index >= 15 is 0 Å². The molecule has 1 N–H and O–H groups in total. The minimum absolute atomic E-state index is 0.691. The molecular weight excluding hydrogens is 344 g/mol. The highest BCUT2D eigenvalue weighted by molar-refractivity contribution is 5.17. The van der Waals surface area contributed by atoms with Crippen LogP contribution in [-0.2, 0) is 4.74 Å². The van der Waals surface area contributed by atoms with Gasteiger partial charge in [0.05, 0.1) is 0 Å². The predicted octanol–water partition coefficient (Wildman–Crippen LogP) is 3.35. The Kier molecular flexibility index (Phi) is 4.58. The number of rotatable bonds is 2. The highest BCUT2D eigenvalue weighted by atomic mass is 19.4. The van der Waals surface area contributed by atoms with Crippen LogP contribution in [0.5, 0.6) is 0 Å². The zero-order chi connectivity index (χ0) is 17.7. The second-order valence-electron chi connectivity index (χ2n) is 3.59. The molecule has 0 heterocycles. The first-order valence-corrected chi connectivity index (χ1v) is 4.35. The topological polar surface area (TPSA) is 29.5 Å². The van der Waals surface area contributed by atoms with Crippen molar-refractivity contribution < 1.29 is 62.5 Å². The molecule has 14 heteroatoms. The van der Waals surface area contributed by atoms with Crippen molar-refractivity contribution in [2.75, 3.05) is 7.11 Å². The van der Waals surface area contributed by atoms with Crippen molar-refractivity contribution in [2.45, 2.75) is 35.9 Å². The van der Waals surface area contributed by atoms with Gasteiger partial charge >= 0.3 is 35.9 Å². The van der Waals surface area contributed by atoms with Gasteiger partial charge in [-0.15, -0.1) is 0 Å². The Balaban J connectivity index is 6.93. The first-order chi connectivity index (χ1) is 8.81. The maximum atomic E-state index is 12.4. The van der Waals surface area contributed by atoms with E-state index in [1.807, 2.05) is 0 Å². The van der Waals surface area contributed by atoms with Crippen LogP contribution in [0.25, 0.3) is 0 Å². The van der Waals surface area contributed by atoms with Crippen LogP contribution >= 0.6 is 0 Å². The third-order valence-corrected chi connectivity index (χ3v) is 2.43. The molecule has 0 atom stereocenters. The van der Waals surface area contributed by atoms with E-state index in [0.29, 0.717) is 0 Å². The number of alkyl halides is 12. The predicted molar refractivity (Wildman–Crippen MR) is 38.9 cm³/mol. The summed E-state index contributed by atoms with van der Waals surface area (Å²) in [5.41, 5.74) is -14.2. The maximum Gasteiger partial charge on any atom is 0.430 e. The van der Waals surface area contributed by atoms with Crippen molar-refractivity contribution in [3.8, 4) is 0 Å². The van der Waals surface area contributed by atoms with Crippen LogP contribution in [0, 0.1) is 0 Å². The smallest absolute Gasteiger partial charge is 0.371 e. The third-order valence-electron chi connectivity index (χ3n) is 2.43. The Morgan fingerprint density at radius 1 is 0.571 bits per heavy atom. The van der Waals surface area contributed by atoms with Crippen molar-refractivity contribution in [1.29, 1.82) is 0 Å². The zero-order valence-electron chi connectivity index (χ0n) is 9.39. The summed E-state index contributed by atoms with van der Waals surface area (Å²) in [5, 5.41) is 8.45. The van der Waals surface area contributed by atoms with E-state index in [1.54, 1.807) is 0 Å². The molecule has 0 amide bonds. The van der Waals surface area contributed by atoms with Gasteiger partial charge in [-0.2, -0.15) is 52.7 Å². The molecule has 0 saturated carbocycles. The fourth-order valence-electron chi connectivity index (χ4n) is 1.51. The Morgan fingerprint density at radius 3 is 0.857 bits per heavy atom. The average Bonchev–Trinajstić information content (AvgIpc) is 2.10. The van der Waals surface area contributed by atoms with Gasteiger partial charge < -0.3 is 9.84 Å². The van der Waals surface area contributed by atoms with E-state index in [0.717, 1.165) is 0 Å². The van der Waals surface area contributed by atoms with E-state index in [4.69, 9.17) is 5.11 Å². The number of ether oxygens (including phenoxy) is 1. The van der Waals surface area contributed by atoms with E-state index in [1.165, 1.54) is 0 Å². The largest absolute Gasteiger partial charge is 0.430 e. The molecule has 0 fully saturated rings. The molecule has 0 spiro atoms. The summed E-state index contributed by atoms with van der Waals surface area (Å²) >= 11 is 0. The normalized spacial score (nSPS) is 16.3. The molecular formula is C7H4F12O2. The lowest BCUT2D eigenvalue weighted by Crippen LogP contribution is -2.81. The molecule has 0 unspecified atom stereocenters. The average molecular weight is 348 g/mol. The van der Waals surface area contributed by atoms with Crippen LogP contribution in [0.3, 0.4) is 0 Å². The molecule has 0 aromatic heterocycles. The standard InChI is InChI=1S/C7H4F12O2/c1-21-3(6(14,15)16,7(17,18)19)2(20,4(8,9)10)5(11,12)13/h20H,1H3. The molecule has 0 radical (unpaired) electrons. The Hall–Kier alpha value is -0.920. The monoisotopic (exact) mass is 348 g/mol. The summed E-state index contributed by atoms with van der Waals surface area (Å²) in [6, 6.07) is 0. The Morgan fingerprint density at radius 2 is 0.810 bits per heavy atom. The lowest BCUT2D eigenvalue weighted by Gasteiger charge is -2.47. The van der Waals surface area contributed by atoms with E-state index in [9.17, 15) is 52.7 Å². The summed E-state index contributed by atoms with van der Waals surface area (Å²) in [7, 11) is -0.691. The van der Waals surface area contributed by atoms with Crippen LogP contribution in [-0.4, -0.2) is 48.1 Å². The van der Waals surface area contributed by atoms with Crippen molar-refractivity contribution in [3.63, 3.8) is 0 Å². The first kappa shape index (κ1) is 20.1. The van der Waals surface area contributed by atoms with Gasteiger partial charge in [0, 0.05) is 7.11 Å². The molecule has 0 rings (SSSR count). The van der Waals surface area contributed by atoms with Crippen LogP contribution in [0.15, 0.2) is 0 Å². The quantitative estimate of drug-likeness (QED) is 0.776. The molecule has 0 aliphatic carbocycles. The van der Waals surface area contributed by atoms with Crippen LogP contribution < -0.4 is 0 Å². The van der Waals surface area contributed by atoms with Gasteiger partial charge in [-0.25, -0.2) is 0 Å². The number of hydrogen-bond donors (Lipinski definition) is 1. The minimum Gasteiger partial charge on any atom is -0.371 e. The highest BCUT2D eigenvalue weighted by Crippen LogP contribution is 2.61. The second-order valence-corrected chi connectivity index (χ2v) is 3.59. The van der Waals surface area contributed by atoms with Crippen molar-refractivity contribution in [3.05, 3.63) is 0 Å². The fraction of sp³-hybridized carbons (Fsp3) is 1.00. The van der Waals surface area contributed by atoms with Gasteiger partial charge in [-0.1, -0.05) is 0 Å². The third kappa shape index (κ3) is 2.51. The lowest BCUT2D eigenvalue weighted by molar-refractivity contribution is -0.499. The molecule has 0 bridgehead atoms. The molecule has 0 saturated heterocycles. The lowest BCUT2D eigenvalue weighted by atomic mass is 9.79. The summed E-state index contributed by atoms with van der Waals surface area (Å²) < 4.78 is 151. The van der Waals surface area contributed by atoms with Gasteiger partial charge in [0.15, 0.2) is 0 Å². The SMILES string of the molecule is COC(C(F)(F)F)(C(F)(F)F)C(O)(C(F)(F)F)C(F)(F)F. The van der Waals surface area contributed by atoms with Gasteiger partial charge in [-0.05, 0) is 0 Å². The second kappa shape index (κ2) is 4.79. The van der Waals surface area contributed by atoms with E-state index < -0.39 is 43.0 Å². The maximum absolute atomic E-state index is 12.4. The Bertz CT molecular complexity index is 343. The fourth-order valence-corrected chi connectivity index (χ4v) is 1.51. The summed E-state index contributed by atoms with van der Waals surface area (Å²) in [4.78, 5) is 0. The van der Waals surface area contributed by atoms with Gasteiger partial charge in [-0.3, -0.25) is 0 Å². The Labute approximate surface area is 107 Å². The minimum atomic E-state index is -7.40. The van der Waals surface area contributed by atoms with Crippen LogP contribution in [0.4, 0.5) is 52.7 Å². The number of methoxy groups -OCH3 is 1. The van der Waals surface area contributed by atoms with Gasteiger partial charge in [0.2, 0.25) is 0 Å². The number of hydrogen-bond acceptors (Lipinski definition) is 2. The molecule has 0 aliphatic rings. The highest BCUT2D eigenvalue weighted by Gasteiger charge is 2.94. The molecule has 0 aromatic carbocycles. The van der Waals surface area contributed by atoms with E-state index in [-0.39, 0.29) is 0 Å². The van der Waals surface area contributed by atoms with Crippen molar-refractivity contribution in [2.24, 2.45) is 0 Å². The van der Waals surface area contributed by atoms with Gasteiger partial charge in [0.1, 0.15) is 0 Å². The summed E-state index contributed by atoms with van der Waals surface area (Å²) in [5.74, 6) is 0. The van der Waals surface area contributed by atoms with Gasteiger partial charge in [0.25, 0.3) is 0 Å². The molecule has 2 nitrogen and oxygen atoms in total. The van der Waals surface area contributed by atoms with Crippen molar-refractivity contribution in [1.82, 2.24) is 0 Å². The van der Waals surface area contributed by atoms with E-state index in [2.05, 4.69) is 4.74 Å². The molecule has 0 aliphatic heterocycles. The molecule has 21 heavy (non-hydrogen) atoms. The molecule has 128 valence electrons. The van der Waals surface area contributed by atoms with Crippen molar-refractivity contribution >= 4 is 0 Å². The summed E-state index contributed by atoms with van der Waals surface area (Å²) in [6.07, 6.45) is -29.4.